The normalized spacial score (nSPS) is 13.1. The van der Waals surface area contributed by atoms with Gasteiger partial charge in [-0.05, 0) is 25.0 Å². The monoisotopic (exact) mass is 234 g/mol. The molecule has 0 atom stereocenters. The van der Waals surface area contributed by atoms with Crippen LogP contribution in [0.15, 0.2) is 60.9 Å². The van der Waals surface area contributed by atoms with E-state index in [9.17, 15) is 0 Å². The second-order valence-corrected chi connectivity index (χ2v) is 3.35. The molecule has 0 amide bonds. The van der Waals surface area contributed by atoms with E-state index in [4.69, 9.17) is 9.84 Å². The Morgan fingerprint density at radius 2 is 1.94 bits per heavy atom. The second kappa shape index (κ2) is 12.5. The fraction of sp³-hybridized carbons (Fsp3) is 0.333. The number of hydrogen-bond donors (Lipinski definition) is 1. The van der Waals surface area contributed by atoms with Gasteiger partial charge in [0.25, 0.3) is 0 Å². The first-order valence-electron chi connectivity index (χ1n) is 5.89. The summed E-state index contributed by atoms with van der Waals surface area (Å²) in [6.07, 6.45) is 16.8. The second-order valence-electron chi connectivity index (χ2n) is 3.35. The minimum absolute atomic E-state index is 0.159. The van der Waals surface area contributed by atoms with Crippen molar-refractivity contribution in [1.82, 2.24) is 0 Å². The third-order valence-corrected chi connectivity index (χ3v) is 1.87. The van der Waals surface area contributed by atoms with Crippen molar-refractivity contribution in [2.75, 3.05) is 13.2 Å². The largest absolute Gasteiger partial charge is 0.508 e. The van der Waals surface area contributed by atoms with Crippen LogP contribution in [-0.4, -0.2) is 18.3 Å². The summed E-state index contributed by atoms with van der Waals surface area (Å²) >= 11 is 0. The predicted octanol–water partition coefficient (Wildman–Crippen LogP) is 4.10. The van der Waals surface area contributed by atoms with Crippen molar-refractivity contribution in [3.05, 3.63) is 60.9 Å². The van der Waals surface area contributed by atoms with E-state index < -0.39 is 0 Å². The minimum atomic E-state index is 0.159. The Bertz CT molecular complexity index is 296. The lowest BCUT2D eigenvalue weighted by Gasteiger charge is -1.95. The van der Waals surface area contributed by atoms with Crippen LogP contribution in [0.4, 0.5) is 0 Å². The van der Waals surface area contributed by atoms with Crippen LogP contribution >= 0.6 is 0 Å². The van der Waals surface area contributed by atoms with Crippen LogP contribution in [0.3, 0.4) is 0 Å². The van der Waals surface area contributed by atoms with E-state index in [0.29, 0.717) is 13.2 Å². The fourth-order valence-electron chi connectivity index (χ4n) is 0.982. The molecule has 0 saturated heterocycles. The standard InChI is InChI=1S/C15H22O2/c1-3-5-6-7-8-10-13-17-14-11-9-12-15(16)4-2/h4-9,11-12,16H,2-3,10,13-14H2,1H3/b6-5-,8-7-,11-9-,15-12+. The van der Waals surface area contributed by atoms with Crippen molar-refractivity contribution in [2.45, 2.75) is 19.8 Å². The van der Waals surface area contributed by atoms with Crippen molar-refractivity contribution in [1.29, 1.82) is 0 Å². The summed E-state index contributed by atoms with van der Waals surface area (Å²) in [6.45, 7) is 6.80. The minimum Gasteiger partial charge on any atom is -0.508 e. The Balaban J connectivity index is 3.44. The highest BCUT2D eigenvalue weighted by Crippen LogP contribution is 1.91. The van der Waals surface area contributed by atoms with Crippen LogP contribution in [-0.2, 0) is 4.74 Å². The molecule has 0 aromatic carbocycles. The SMILES string of the molecule is C=C/C(O)=C\C=C/COCC/C=C\C=C/CC. The van der Waals surface area contributed by atoms with Crippen LogP contribution in [0, 0.1) is 0 Å². The third-order valence-electron chi connectivity index (χ3n) is 1.87. The lowest BCUT2D eigenvalue weighted by Crippen LogP contribution is -1.92. The molecule has 17 heavy (non-hydrogen) atoms. The summed E-state index contributed by atoms with van der Waals surface area (Å²) in [6, 6.07) is 0. The molecule has 0 spiro atoms. The molecule has 2 nitrogen and oxygen atoms in total. The zero-order chi connectivity index (χ0) is 12.8. The molecule has 0 aromatic rings. The maximum Gasteiger partial charge on any atom is 0.114 e. The number of aliphatic hydroxyl groups excluding tert-OH is 1. The maximum absolute atomic E-state index is 9.04. The number of rotatable bonds is 9. The smallest absolute Gasteiger partial charge is 0.114 e. The quantitative estimate of drug-likeness (QED) is 0.370. The molecule has 0 bridgehead atoms. The van der Waals surface area contributed by atoms with Gasteiger partial charge in [0.1, 0.15) is 5.76 Å². The summed E-state index contributed by atoms with van der Waals surface area (Å²) in [5, 5.41) is 9.04. The molecule has 0 fully saturated rings. The molecule has 0 heterocycles. The molecule has 0 aliphatic rings. The Labute approximate surface area is 104 Å². The topological polar surface area (TPSA) is 29.5 Å². The maximum atomic E-state index is 9.04. The van der Waals surface area contributed by atoms with E-state index in [2.05, 4.69) is 25.7 Å². The molecule has 1 N–H and O–H groups in total. The summed E-state index contributed by atoms with van der Waals surface area (Å²) in [7, 11) is 0. The lowest BCUT2D eigenvalue weighted by atomic mass is 10.3. The highest BCUT2D eigenvalue weighted by molar-refractivity contribution is 5.14. The van der Waals surface area contributed by atoms with Gasteiger partial charge in [0, 0.05) is 0 Å². The van der Waals surface area contributed by atoms with E-state index in [-0.39, 0.29) is 5.76 Å². The molecule has 0 aromatic heterocycles. The van der Waals surface area contributed by atoms with Gasteiger partial charge in [-0.3, -0.25) is 0 Å². The molecular formula is C15H22O2. The van der Waals surface area contributed by atoms with Crippen LogP contribution in [0.25, 0.3) is 0 Å². The molecule has 0 aliphatic carbocycles. The van der Waals surface area contributed by atoms with Gasteiger partial charge in [-0.2, -0.15) is 0 Å². The van der Waals surface area contributed by atoms with Gasteiger partial charge >= 0.3 is 0 Å². The van der Waals surface area contributed by atoms with Gasteiger partial charge in [-0.15, -0.1) is 0 Å². The molecule has 0 rings (SSSR count). The van der Waals surface area contributed by atoms with Gasteiger partial charge in [0.05, 0.1) is 13.2 Å². The fourth-order valence-corrected chi connectivity index (χ4v) is 0.982. The van der Waals surface area contributed by atoms with Crippen molar-refractivity contribution in [3.8, 4) is 0 Å². The highest BCUT2D eigenvalue weighted by atomic mass is 16.5. The highest BCUT2D eigenvalue weighted by Gasteiger charge is 1.81. The van der Waals surface area contributed by atoms with Crippen LogP contribution < -0.4 is 0 Å². The first-order valence-corrected chi connectivity index (χ1v) is 5.89. The molecule has 2 heteroatoms. The first kappa shape index (κ1) is 15.5. The number of allylic oxidation sites excluding steroid dienone is 6. The zero-order valence-electron chi connectivity index (χ0n) is 10.5. The van der Waals surface area contributed by atoms with Crippen LogP contribution in [0.1, 0.15) is 19.8 Å². The van der Waals surface area contributed by atoms with Gasteiger partial charge in [-0.1, -0.05) is 50.0 Å². The van der Waals surface area contributed by atoms with Crippen molar-refractivity contribution < 1.29 is 9.84 Å². The van der Waals surface area contributed by atoms with Gasteiger partial charge in [0.2, 0.25) is 0 Å². The van der Waals surface area contributed by atoms with Crippen LogP contribution in [0.5, 0.6) is 0 Å². The Hall–Kier alpha value is -1.54. The molecule has 94 valence electrons. The van der Waals surface area contributed by atoms with E-state index >= 15 is 0 Å². The Kier molecular flexibility index (Phi) is 11.4. The van der Waals surface area contributed by atoms with Gasteiger partial charge in [-0.25, -0.2) is 0 Å². The summed E-state index contributed by atoms with van der Waals surface area (Å²) < 4.78 is 5.36. The van der Waals surface area contributed by atoms with E-state index in [1.807, 2.05) is 18.2 Å². The van der Waals surface area contributed by atoms with Gasteiger partial charge < -0.3 is 9.84 Å². The number of aliphatic hydroxyl groups is 1. The van der Waals surface area contributed by atoms with Gasteiger partial charge in [0.15, 0.2) is 0 Å². The van der Waals surface area contributed by atoms with Crippen molar-refractivity contribution in [2.24, 2.45) is 0 Å². The summed E-state index contributed by atoms with van der Waals surface area (Å²) in [4.78, 5) is 0. The van der Waals surface area contributed by atoms with E-state index in [1.54, 1.807) is 12.2 Å². The van der Waals surface area contributed by atoms with Crippen molar-refractivity contribution >= 4 is 0 Å². The molecule has 0 aliphatic heterocycles. The molecule has 0 radical (unpaired) electrons. The lowest BCUT2D eigenvalue weighted by molar-refractivity contribution is 0.167. The Morgan fingerprint density at radius 1 is 1.18 bits per heavy atom. The summed E-state index contributed by atoms with van der Waals surface area (Å²) in [5.74, 6) is 0.159. The number of ether oxygens (including phenoxy) is 1. The van der Waals surface area contributed by atoms with E-state index in [1.165, 1.54) is 6.08 Å². The van der Waals surface area contributed by atoms with E-state index in [0.717, 1.165) is 12.8 Å². The zero-order valence-corrected chi connectivity index (χ0v) is 10.5. The predicted molar refractivity (Wildman–Crippen MR) is 74.1 cm³/mol. The Morgan fingerprint density at radius 3 is 2.65 bits per heavy atom. The van der Waals surface area contributed by atoms with Crippen molar-refractivity contribution in [3.63, 3.8) is 0 Å². The third kappa shape index (κ3) is 12.4. The number of hydrogen-bond acceptors (Lipinski definition) is 2. The average molecular weight is 234 g/mol. The average Bonchev–Trinajstić information content (AvgIpc) is 2.35. The molecule has 0 unspecified atom stereocenters. The summed E-state index contributed by atoms with van der Waals surface area (Å²) in [5.41, 5.74) is 0. The first-order chi connectivity index (χ1) is 8.31. The molecular weight excluding hydrogens is 212 g/mol. The van der Waals surface area contributed by atoms with Crippen LogP contribution in [0.2, 0.25) is 0 Å². The molecule has 0 saturated carbocycles.